The van der Waals surface area contributed by atoms with Gasteiger partial charge in [0.15, 0.2) is 0 Å². The van der Waals surface area contributed by atoms with Gasteiger partial charge in [-0.05, 0) is 43.4 Å². The van der Waals surface area contributed by atoms with Crippen LogP contribution in [0, 0.1) is 5.92 Å². The lowest BCUT2D eigenvalue weighted by Crippen LogP contribution is -2.33. The molecule has 88 valence electrons. The van der Waals surface area contributed by atoms with Crippen LogP contribution in [-0.4, -0.2) is 6.04 Å². The van der Waals surface area contributed by atoms with E-state index < -0.39 is 0 Å². The molecule has 0 radical (unpaired) electrons. The highest BCUT2D eigenvalue weighted by Gasteiger charge is 2.24. The number of nitrogens with one attached hydrogen (secondary N) is 1. The Bertz CT molecular complexity index is 333. The average Bonchev–Trinajstić information content (AvgIpc) is 2.65. The Labute approximate surface area is 103 Å². The summed E-state index contributed by atoms with van der Waals surface area (Å²) in [6.45, 7) is 4.58. The molecule has 0 amide bonds. The van der Waals surface area contributed by atoms with Crippen LogP contribution in [0.25, 0.3) is 0 Å². The van der Waals surface area contributed by atoms with Crippen molar-refractivity contribution < 1.29 is 0 Å². The maximum absolute atomic E-state index is 5.89. The lowest BCUT2D eigenvalue weighted by atomic mass is 10.0. The van der Waals surface area contributed by atoms with Crippen LogP contribution in [0.3, 0.4) is 0 Å². The van der Waals surface area contributed by atoms with Crippen molar-refractivity contribution in [1.29, 1.82) is 0 Å². The Kier molecular flexibility index (Phi) is 3.88. The van der Waals surface area contributed by atoms with Gasteiger partial charge in [-0.25, -0.2) is 0 Å². The van der Waals surface area contributed by atoms with Crippen molar-refractivity contribution in [2.45, 2.75) is 45.2 Å². The molecule has 16 heavy (non-hydrogen) atoms. The van der Waals surface area contributed by atoms with Crippen LogP contribution in [0.1, 0.15) is 44.7 Å². The maximum Gasteiger partial charge on any atom is 0.0406 e. The molecule has 0 aromatic heterocycles. The maximum atomic E-state index is 5.89. The third kappa shape index (κ3) is 2.78. The standard InChI is InChI=1S/C14H20ClN/c1-10-4-3-5-14(10)16-11(2)12-6-8-13(15)9-7-12/h6-11,14,16H,3-5H2,1-2H3/t10?,11-,14?/m0/s1. The smallest absolute Gasteiger partial charge is 0.0406 e. The Balaban J connectivity index is 1.97. The van der Waals surface area contributed by atoms with Crippen molar-refractivity contribution in [3.8, 4) is 0 Å². The molecule has 0 bridgehead atoms. The number of rotatable bonds is 3. The van der Waals surface area contributed by atoms with Crippen LogP contribution in [0.5, 0.6) is 0 Å². The van der Waals surface area contributed by atoms with Gasteiger partial charge in [0.2, 0.25) is 0 Å². The first kappa shape index (κ1) is 11.9. The molecule has 2 heteroatoms. The molecule has 1 aromatic carbocycles. The lowest BCUT2D eigenvalue weighted by Gasteiger charge is -2.23. The van der Waals surface area contributed by atoms with Crippen LogP contribution in [0.2, 0.25) is 5.02 Å². The summed E-state index contributed by atoms with van der Waals surface area (Å²) in [6.07, 6.45) is 4.05. The predicted octanol–water partition coefficient (Wildman–Crippen LogP) is 4.18. The summed E-state index contributed by atoms with van der Waals surface area (Å²) < 4.78 is 0. The minimum absolute atomic E-state index is 0.419. The fraction of sp³-hybridized carbons (Fsp3) is 0.571. The molecule has 3 atom stereocenters. The van der Waals surface area contributed by atoms with Gasteiger partial charge in [-0.2, -0.15) is 0 Å². The van der Waals surface area contributed by atoms with Crippen LogP contribution >= 0.6 is 11.6 Å². The first-order valence-corrected chi connectivity index (χ1v) is 6.56. The fourth-order valence-electron chi connectivity index (χ4n) is 2.56. The molecule has 1 aliphatic carbocycles. The van der Waals surface area contributed by atoms with Gasteiger partial charge in [0.05, 0.1) is 0 Å². The highest BCUT2D eigenvalue weighted by atomic mass is 35.5. The minimum atomic E-state index is 0.419. The minimum Gasteiger partial charge on any atom is -0.307 e. The number of benzene rings is 1. The summed E-state index contributed by atoms with van der Waals surface area (Å²) in [4.78, 5) is 0. The van der Waals surface area contributed by atoms with E-state index in [1.807, 2.05) is 12.1 Å². The Morgan fingerprint density at radius 3 is 2.50 bits per heavy atom. The van der Waals surface area contributed by atoms with Gasteiger partial charge in [-0.3, -0.25) is 0 Å². The summed E-state index contributed by atoms with van der Waals surface area (Å²) >= 11 is 5.89. The van der Waals surface area contributed by atoms with E-state index in [4.69, 9.17) is 11.6 Å². The Morgan fingerprint density at radius 1 is 1.25 bits per heavy atom. The number of hydrogen-bond donors (Lipinski definition) is 1. The second-order valence-corrected chi connectivity index (χ2v) is 5.39. The van der Waals surface area contributed by atoms with Crippen LogP contribution < -0.4 is 5.32 Å². The van der Waals surface area contributed by atoms with E-state index in [0.717, 1.165) is 10.9 Å². The summed E-state index contributed by atoms with van der Waals surface area (Å²) in [5.74, 6) is 0.815. The van der Waals surface area contributed by atoms with Crippen molar-refractivity contribution in [3.63, 3.8) is 0 Å². The van der Waals surface area contributed by atoms with Gasteiger partial charge in [0, 0.05) is 17.1 Å². The molecule has 1 aliphatic rings. The van der Waals surface area contributed by atoms with Crippen molar-refractivity contribution in [3.05, 3.63) is 34.9 Å². The monoisotopic (exact) mass is 237 g/mol. The van der Waals surface area contributed by atoms with Crippen LogP contribution in [0.4, 0.5) is 0 Å². The van der Waals surface area contributed by atoms with E-state index in [1.165, 1.54) is 24.8 Å². The molecule has 0 saturated heterocycles. The molecule has 1 saturated carbocycles. The SMILES string of the molecule is CC1CCCC1N[C@@H](C)c1ccc(Cl)cc1. The molecule has 0 spiro atoms. The number of hydrogen-bond acceptors (Lipinski definition) is 1. The summed E-state index contributed by atoms with van der Waals surface area (Å²) in [5, 5.41) is 4.53. The third-order valence-corrected chi connectivity index (χ3v) is 3.95. The molecule has 1 nitrogen and oxygen atoms in total. The zero-order valence-corrected chi connectivity index (χ0v) is 10.8. The van der Waals surface area contributed by atoms with Crippen molar-refractivity contribution in [2.24, 2.45) is 5.92 Å². The zero-order chi connectivity index (χ0) is 11.5. The molecule has 2 rings (SSSR count). The van der Waals surface area contributed by atoms with E-state index in [9.17, 15) is 0 Å². The highest BCUT2D eigenvalue weighted by Crippen LogP contribution is 2.27. The molecule has 2 unspecified atom stereocenters. The van der Waals surface area contributed by atoms with Crippen molar-refractivity contribution in [2.75, 3.05) is 0 Å². The lowest BCUT2D eigenvalue weighted by molar-refractivity contribution is 0.388. The summed E-state index contributed by atoms with van der Waals surface area (Å²) in [7, 11) is 0. The zero-order valence-electron chi connectivity index (χ0n) is 10.0. The van der Waals surface area contributed by atoms with E-state index in [0.29, 0.717) is 12.1 Å². The highest BCUT2D eigenvalue weighted by molar-refractivity contribution is 6.30. The van der Waals surface area contributed by atoms with E-state index in [2.05, 4.69) is 31.3 Å². The molecule has 1 fully saturated rings. The fourth-order valence-corrected chi connectivity index (χ4v) is 2.69. The van der Waals surface area contributed by atoms with E-state index >= 15 is 0 Å². The van der Waals surface area contributed by atoms with Gasteiger partial charge in [-0.1, -0.05) is 37.1 Å². The molecular formula is C14H20ClN. The normalized spacial score (nSPS) is 26.9. The summed E-state index contributed by atoms with van der Waals surface area (Å²) in [5.41, 5.74) is 1.32. The Morgan fingerprint density at radius 2 is 1.94 bits per heavy atom. The topological polar surface area (TPSA) is 12.0 Å². The average molecular weight is 238 g/mol. The third-order valence-electron chi connectivity index (χ3n) is 3.70. The largest absolute Gasteiger partial charge is 0.307 e. The molecule has 0 aliphatic heterocycles. The second-order valence-electron chi connectivity index (χ2n) is 4.95. The van der Waals surface area contributed by atoms with Crippen molar-refractivity contribution in [1.82, 2.24) is 5.32 Å². The van der Waals surface area contributed by atoms with E-state index in [1.54, 1.807) is 0 Å². The van der Waals surface area contributed by atoms with Gasteiger partial charge in [0.1, 0.15) is 0 Å². The Hall–Kier alpha value is -0.530. The second kappa shape index (κ2) is 5.20. The van der Waals surface area contributed by atoms with Gasteiger partial charge < -0.3 is 5.32 Å². The van der Waals surface area contributed by atoms with Crippen LogP contribution in [0.15, 0.2) is 24.3 Å². The first-order chi connectivity index (χ1) is 7.66. The van der Waals surface area contributed by atoms with Gasteiger partial charge >= 0.3 is 0 Å². The molecule has 1 aromatic rings. The molecule has 1 N–H and O–H groups in total. The summed E-state index contributed by atoms with van der Waals surface area (Å²) in [6, 6.07) is 9.26. The first-order valence-electron chi connectivity index (χ1n) is 6.18. The molecule has 0 heterocycles. The van der Waals surface area contributed by atoms with E-state index in [-0.39, 0.29) is 0 Å². The predicted molar refractivity (Wildman–Crippen MR) is 69.8 cm³/mol. The quantitative estimate of drug-likeness (QED) is 0.832. The number of halogens is 1. The van der Waals surface area contributed by atoms with Crippen molar-refractivity contribution >= 4 is 11.6 Å². The molecular weight excluding hydrogens is 218 g/mol. The van der Waals surface area contributed by atoms with Gasteiger partial charge in [0.25, 0.3) is 0 Å². The van der Waals surface area contributed by atoms with Crippen LogP contribution in [-0.2, 0) is 0 Å². The van der Waals surface area contributed by atoms with Gasteiger partial charge in [-0.15, -0.1) is 0 Å².